The zero-order valence-electron chi connectivity index (χ0n) is 14.5. The monoisotopic (exact) mass is 460 g/mol. The summed E-state index contributed by atoms with van der Waals surface area (Å²) in [5.41, 5.74) is 0.750. The molecule has 0 aromatic heterocycles. The summed E-state index contributed by atoms with van der Waals surface area (Å²) < 4.78 is 13.4. The van der Waals surface area contributed by atoms with Gasteiger partial charge in [-0.3, -0.25) is 4.90 Å². The number of likely N-dealkylation sites (tertiary alicyclic amines) is 1. The molecule has 2 aliphatic heterocycles. The van der Waals surface area contributed by atoms with Gasteiger partial charge in [-0.1, -0.05) is 18.2 Å². The fourth-order valence-electron chi connectivity index (χ4n) is 3.27. The molecule has 2 heterocycles. The lowest BCUT2D eigenvalue weighted by Crippen LogP contribution is -2.42. The Morgan fingerprint density at radius 3 is 2.80 bits per heavy atom. The molecular formula is C18H26FIN4O. The number of halogens is 2. The first-order valence-corrected chi connectivity index (χ1v) is 8.57. The number of rotatable bonds is 4. The number of guanidine groups is 1. The van der Waals surface area contributed by atoms with Crippen LogP contribution in [0.5, 0.6) is 5.75 Å². The van der Waals surface area contributed by atoms with Crippen LogP contribution in [-0.4, -0.2) is 59.6 Å². The first-order chi connectivity index (χ1) is 11.7. The number of aromatic hydroxyl groups is 1. The van der Waals surface area contributed by atoms with E-state index >= 15 is 0 Å². The second kappa shape index (κ2) is 9.38. The maximum absolute atomic E-state index is 13.4. The van der Waals surface area contributed by atoms with Crippen LogP contribution in [0.25, 0.3) is 0 Å². The molecule has 0 spiro atoms. The quantitative estimate of drug-likeness (QED) is 0.314. The lowest BCUT2D eigenvalue weighted by Gasteiger charge is -2.25. The first kappa shape index (κ1) is 20.0. The largest absolute Gasteiger partial charge is 0.505 e. The molecule has 0 aliphatic carbocycles. The van der Waals surface area contributed by atoms with Gasteiger partial charge in [-0.15, -0.1) is 24.0 Å². The molecule has 0 bridgehead atoms. The summed E-state index contributed by atoms with van der Waals surface area (Å²) in [6, 6.07) is 4.98. The van der Waals surface area contributed by atoms with Crippen LogP contribution in [-0.2, 0) is 6.54 Å². The number of hydrogen-bond acceptors (Lipinski definition) is 3. The average molecular weight is 460 g/mol. The highest BCUT2D eigenvalue weighted by Crippen LogP contribution is 2.19. The van der Waals surface area contributed by atoms with Crippen molar-refractivity contribution in [3.63, 3.8) is 0 Å². The summed E-state index contributed by atoms with van der Waals surface area (Å²) in [6.45, 7) is 7.28. The standard InChI is InChI=1S/C18H25FN4O.HI/c1-2-20-18(21-12-14-5-6-17(24)16(19)11-14)23-10-7-15(13-23)22-8-3-4-9-22;/h3-6,11,15,24H,2,7-10,12-13H2,1H3,(H,20,21);1H. The smallest absolute Gasteiger partial charge is 0.194 e. The Morgan fingerprint density at radius 1 is 1.36 bits per heavy atom. The lowest BCUT2D eigenvalue weighted by atomic mass is 10.2. The molecule has 0 amide bonds. The zero-order chi connectivity index (χ0) is 16.9. The van der Waals surface area contributed by atoms with Crippen molar-refractivity contribution in [1.29, 1.82) is 0 Å². The number of nitrogens with zero attached hydrogens (tertiary/aromatic N) is 3. The molecular weight excluding hydrogens is 434 g/mol. The fourth-order valence-corrected chi connectivity index (χ4v) is 3.27. The molecule has 7 heteroatoms. The summed E-state index contributed by atoms with van der Waals surface area (Å²) in [6.07, 6.45) is 5.59. The van der Waals surface area contributed by atoms with Gasteiger partial charge in [0.25, 0.3) is 0 Å². The van der Waals surface area contributed by atoms with Crippen molar-refractivity contribution >= 4 is 29.9 Å². The number of phenols is 1. The highest BCUT2D eigenvalue weighted by Gasteiger charge is 2.29. The molecule has 1 saturated heterocycles. The summed E-state index contributed by atoms with van der Waals surface area (Å²) in [5.74, 6) is -0.0487. The van der Waals surface area contributed by atoms with Gasteiger partial charge in [0.05, 0.1) is 6.54 Å². The van der Waals surface area contributed by atoms with Gasteiger partial charge in [-0.2, -0.15) is 0 Å². The molecule has 0 saturated carbocycles. The van der Waals surface area contributed by atoms with E-state index in [4.69, 9.17) is 0 Å². The Hall–Kier alpha value is -1.35. The van der Waals surface area contributed by atoms with Crippen LogP contribution >= 0.6 is 24.0 Å². The van der Waals surface area contributed by atoms with Gasteiger partial charge < -0.3 is 15.3 Å². The third-order valence-electron chi connectivity index (χ3n) is 4.58. The van der Waals surface area contributed by atoms with Gasteiger partial charge >= 0.3 is 0 Å². The van der Waals surface area contributed by atoms with Crippen molar-refractivity contribution in [1.82, 2.24) is 15.1 Å². The summed E-state index contributed by atoms with van der Waals surface area (Å²) in [5, 5.41) is 12.6. The predicted molar refractivity (Wildman–Crippen MR) is 109 cm³/mol. The van der Waals surface area contributed by atoms with Gasteiger partial charge in [0.15, 0.2) is 17.5 Å². The van der Waals surface area contributed by atoms with Crippen molar-refractivity contribution in [3.05, 3.63) is 41.7 Å². The van der Waals surface area contributed by atoms with Crippen molar-refractivity contribution in [3.8, 4) is 5.75 Å². The Bertz CT molecular complexity index is 630. The molecule has 5 nitrogen and oxygen atoms in total. The van der Waals surface area contributed by atoms with Crippen LogP contribution in [0.2, 0.25) is 0 Å². The van der Waals surface area contributed by atoms with E-state index in [0.717, 1.165) is 50.7 Å². The van der Waals surface area contributed by atoms with Crippen molar-refractivity contribution in [2.24, 2.45) is 4.99 Å². The van der Waals surface area contributed by atoms with E-state index in [1.807, 2.05) is 6.92 Å². The molecule has 2 N–H and O–H groups in total. The second-order valence-electron chi connectivity index (χ2n) is 6.27. The van der Waals surface area contributed by atoms with E-state index in [9.17, 15) is 9.50 Å². The number of phenolic OH excluding ortho intramolecular Hbond substituents is 1. The molecule has 1 unspecified atom stereocenters. The van der Waals surface area contributed by atoms with E-state index in [2.05, 4.69) is 32.3 Å². The minimum Gasteiger partial charge on any atom is -0.505 e. The van der Waals surface area contributed by atoms with Gasteiger partial charge in [0.1, 0.15) is 0 Å². The summed E-state index contributed by atoms with van der Waals surface area (Å²) in [7, 11) is 0. The van der Waals surface area contributed by atoms with E-state index in [0.29, 0.717) is 12.6 Å². The lowest BCUT2D eigenvalue weighted by molar-refractivity contribution is 0.259. The van der Waals surface area contributed by atoms with Crippen LogP contribution in [0, 0.1) is 5.82 Å². The van der Waals surface area contributed by atoms with Crippen LogP contribution < -0.4 is 5.32 Å². The number of nitrogens with one attached hydrogen (secondary N) is 1. The second-order valence-corrected chi connectivity index (χ2v) is 6.27. The number of benzene rings is 1. The summed E-state index contributed by atoms with van der Waals surface area (Å²) >= 11 is 0. The van der Waals surface area contributed by atoms with E-state index < -0.39 is 5.82 Å². The van der Waals surface area contributed by atoms with Crippen LogP contribution in [0.3, 0.4) is 0 Å². The van der Waals surface area contributed by atoms with Crippen LogP contribution in [0.1, 0.15) is 18.9 Å². The average Bonchev–Trinajstić information content (AvgIpc) is 3.25. The molecule has 2 aliphatic rings. The maximum Gasteiger partial charge on any atom is 0.194 e. The Balaban J connectivity index is 0.00000225. The molecule has 0 radical (unpaired) electrons. The number of aliphatic imine (C=N–C) groups is 1. The highest BCUT2D eigenvalue weighted by atomic mass is 127. The Kier molecular flexibility index (Phi) is 7.49. The topological polar surface area (TPSA) is 51.1 Å². The Labute approximate surface area is 165 Å². The first-order valence-electron chi connectivity index (χ1n) is 8.57. The van der Waals surface area contributed by atoms with Crippen molar-refractivity contribution in [2.45, 2.75) is 25.9 Å². The van der Waals surface area contributed by atoms with Crippen LogP contribution in [0.4, 0.5) is 4.39 Å². The van der Waals surface area contributed by atoms with Gasteiger partial charge in [0.2, 0.25) is 0 Å². The van der Waals surface area contributed by atoms with Crippen molar-refractivity contribution in [2.75, 3.05) is 32.7 Å². The van der Waals surface area contributed by atoms with Crippen LogP contribution in [0.15, 0.2) is 35.3 Å². The normalized spacial score (nSPS) is 20.8. The third-order valence-corrected chi connectivity index (χ3v) is 4.58. The molecule has 1 atom stereocenters. The van der Waals surface area contributed by atoms with E-state index in [1.54, 1.807) is 6.07 Å². The number of hydrogen-bond donors (Lipinski definition) is 2. The highest BCUT2D eigenvalue weighted by molar-refractivity contribution is 14.0. The SMILES string of the molecule is CCNC(=NCc1ccc(O)c(F)c1)N1CCC(N2CC=CC2)C1.I. The van der Waals surface area contributed by atoms with E-state index in [1.165, 1.54) is 12.1 Å². The predicted octanol–water partition coefficient (Wildman–Crippen LogP) is 2.56. The van der Waals surface area contributed by atoms with Crippen molar-refractivity contribution < 1.29 is 9.50 Å². The van der Waals surface area contributed by atoms with Gasteiger partial charge in [-0.05, 0) is 31.0 Å². The Morgan fingerprint density at radius 2 is 2.12 bits per heavy atom. The molecule has 138 valence electrons. The zero-order valence-corrected chi connectivity index (χ0v) is 16.8. The maximum atomic E-state index is 13.4. The van der Waals surface area contributed by atoms with E-state index in [-0.39, 0.29) is 29.7 Å². The molecule has 1 aromatic carbocycles. The van der Waals surface area contributed by atoms with Gasteiger partial charge in [0, 0.05) is 38.8 Å². The fraction of sp³-hybridized carbons (Fsp3) is 0.500. The minimum absolute atomic E-state index is 0. The molecule has 25 heavy (non-hydrogen) atoms. The summed E-state index contributed by atoms with van der Waals surface area (Å²) in [4.78, 5) is 9.41. The molecule has 1 aromatic rings. The minimum atomic E-state index is -0.601. The van der Waals surface area contributed by atoms with Gasteiger partial charge in [-0.25, -0.2) is 9.38 Å². The third kappa shape index (κ3) is 5.07. The molecule has 3 rings (SSSR count). The molecule has 1 fully saturated rings.